The third kappa shape index (κ3) is 17.9. The lowest BCUT2D eigenvalue weighted by molar-refractivity contribution is -0.140. The molecule has 126 valence electrons. The highest BCUT2D eigenvalue weighted by molar-refractivity contribution is 9.09. The molecule has 0 rings (SSSR count). The van der Waals surface area contributed by atoms with Gasteiger partial charge in [-0.05, 0) is 12.8 Å². The normalized spacial score (nSPS) is 10.8. The molecule has 21 heavy (non-hydrogen) atoms. The molecule has 0 aliphatic rings. The predicted molar refractivity (Wildman–Crippen MR) is 95.1 cm³/mol. The fraction of sp³-hybridized carbons (Fsp3) is 0.944. The Bertz CT molecular complexity index is 219. The van der Waals surface area contributed by atoms with Gasteiger partial charge in [-0.1, -0.05) is 93.0 Å². The van der Waals surface area contributed by atoms with Crippen molar-refractivity contribution in [3.63, 3.8) is 0 Å². The van der Waals surface area contributed by atoms with Crippen LogP contribution in [-0.2, 0) is 9.53 Å². The molecule has 0 aromatic rings. The summed E-state index contributed by atoms with van der Waals surface area (Å²) < 4.78 is 4.63. The van der Waals surface area contributed by atoms with E-state index >= 15 is 0 Å². The number of alkyl halides is 1. The van der Waals surface area contributed by atoms with Gasteiger partial charge in [-0.2, -0.15) is 0 Å². The van der Waals surface area contributed by atoms with E-state index in [0.29, 0.717) is 6.42 Å². The zero-order chi connectivity index (χ0) is 15.6. The summed E-state index contributed by atoms with van der Waals surface area (Å²) in [5.41, 5.74) is 0. The number of hydrogen-bond donors (Lipinski definition) is 0. The van der Waals surface area contributed by atoms with E-state index in [9.17, 15) is 4.79 Å². The van der Waals surface area contributed by atoms with Gasteiger partial charge in [-0.3, -0.25) is 4.79 Å². The van der Waals surface area contributed by atoms with Crippen LogP contribution < -0.4 is 0 Å². The summed E-state index contributed by atoms with van der Waals surface area (Å²) in [5.74, 6) is -0.0674. The number of halogens is 1. The van der Waals surface area contributed by atoms with E-state index in [0.717, 1.165) is 11.8 Å². The van der Waals surface area contributed by atoms with Crippen LogP contribution in [0.15, 0.2) is 0 Å². The van der Waals surface area contributed by atoms with Crippen molar-refractivity contribution in [1.29, 1.82) is 0 Å². The minimum Gasteiger partial charge on any atom is -0.469 e. The Hall–Kier alpha value is -0.0500. The van der Waals surface area contributed by atoms with Crippen molar-refractivity contribution < 1.29 is 9.53 Å². The summed E-state index contributed by atoms with van der Waals surface area (Å²) in [6.07, 6.45) is 19.3. The number of esters is 1. The van der Waals surface area contributed by atoms with Crippen LogP contribution in [0, 0.1) is 0 Å². The van der Waals surface area contributed by atoms with Crippen molar-refractivity contribution in [2.45, 2.75) is 96.3 Å². The van der Waals surface area contributed by atoms with Crippen molar-refractivity contribution in [3.8, 4) is 0 Å². The maximum Gasteiger partial charge on any atom is 0.305 e. The van der Waals surface area contributed by atoms with Crippen molar-refractivity contribution >= 4 is 21.9 Å². The van der Waals surface area contributed by atoms with Crippen LogP contribution in [0.5, 0.6) is 0 Å². The van der Waals surface area contributed by atoms with E-state index in [1.54, 1.807) is 0 Å². The molecule has 0 amide bonds. The van der Waals surface area contributed by atoms with Crippen molar-refractivity contribution in [2.75, 3.05) is 12.4 Å². The standard InChI is InChI=1S/C18H35BrO2/c1-21-18(20)16-14-12-10-8-6-4-2-3-5-7-9-11-13-15-17-19/h2-17H2,1H3. The monoisotopic (exact) mass is 362 g/mol. The Balaban J connectivity index is 2.98. The summed E-state index contributed by atoms with van der Waals surface area (Å²) in [6, 6.07) is 0. The molecule has 0 N–H and O–H groups in total. The van der Waals surface area contributed by atoms with Gasteiger partial charge in [0.25, 0.3) is 0 Å². The predicted octanol–water partition coefficient (Wildman–Crippen LogP) is 6.41. The van der Waals surface area contributed by atoms with Gasteiger partial charge in [-0.15, -0.1) is 0 Å². The van der Waals surface area contributed by atoms with Gasteiger partial charge in [0.1, 0.15) is 0 Å². The second kappa shape index (κ2) is 18.0. The number of carbonyl (C=O) groups excluding carboxylic acids is 1. The molecule has 0 saturated carbocycles. The molecule has 0 radical (unpaired) electrons. The first kappa shape index (κ1) is 20.9. The third-order valence-corrected chi connectivity index (χ3v) is 4.55. The van der Waals surface area contributed by atoms with Gasteiger partial charge in [-0.25, -0.2) is 0 Å². The molecule has 3 heteroatoms. The van der Waals surface area contributed by atoms with Gasteiger partial charge in [0.2, 0.25) is 0 Å². The fourth-order valence-electron chi connectivity index (χ4n) is 2.59. The van der Waals surface area contributed by atoms with E-state index in [1.165, 1.54) is 90.6 Å². The minimum absolute atomic E-state index is 0.0674. The largest absolute Gasteiger partial charge is 0.469 e. The molecule has 0 aromatic carbocycles. The summed E-state index contributed by atoms with van der Waals surface area (Å²) in [4.78, 5) is 10.9. The van der Waals surface area contributed by atoms with Gasteiger partial charge in [0.15, 0.2) is 0 Å². The number of unbranched alkanes of at least 4 members (excludes halogenated alkanes) is 13. The SMILES string of the molecule is COC(=O)CCCCCCCCCCCCCCCCBr. The van der Waals surface area contributed by atoms with Gasteiger partial charge in [0.05, 0.1) is 7.11 Å². The molecule has 0 bridgehead atoms. The van der Waals surface area contributed by atoms with Crippen molar-refractivity contribution in [1.82, 2.24) is 0 Å². The summed E-state index contributed by atoms with van der Waals surface area (Å²) >= 11 is 3.48. The topological polar surface area (TPSA) is 26.3 Å². The fourth-order valence-corrected chi connectivity index (χ4v) is 2.98. The molecule has 2 nitrogen and oxygen atoms in total. The maximum atomic E-state index is 10.9. The van der Waals surface area contributed by atoms with Crippen molar-refractivity contribution in [3.05, 3.63) is 0 Å². The lowest BCUT2D eigenvalue weighted by atomic mass is 10.0. The van der Waals surface area contributed by atoms with E-state index in [2.05, 4.69) is 20.7 Å². The molecule has 0 spiro atoms. The zero-order valence-electron chi connectivity index (χ0n) is 14.0. The van der Waals surface area contributed by atoms with Crippen LogP contribution in [0.2, 0.25) is 0 Å². The Morgan fingerprint density at radius 2 is 1.00 bits per heavy atom. The highest BCUT2D eigenvalue weighted by Crippen LogP contribution is 2.13. The zero-order valence-corrected chi connectivity index (χ0v) is 15.6. The average Bonchev–Trinajstić information content (AvgIpc) is 2.50. The lowest BCUT2D eigenvalue weighted by Crippen LogP contribution is -1.99. The number of methoxy groups -OCH3 is 1. The average molecular weight is 363 g/mol. The van der Waals surface area contributed by atoms with Gasteiger partial charge >= 0.3 is 5.97 Å². The first-order valence-corrected chi connectivity index (χ1v) is 10.1. The molecule has 0 atom stereocenters. The molecule has 0 saturated heterocycles. The van der Waals surface area contributed by atoms with Crippen LogP contribution in [0.3, 0.4) is 0 Å². The molecule has 0 fully saturated rings. The molecule has 0 aromatic heterocycles. The Morgan fingerprint density at radius 3 is 1.33 bits per heavy atom. The molecule has 0 heterocycles. The molecular formula is C18H35BrO2. The van der Waals surface area contributed by atoms with Gasteiger partial charge in [0, 0.05) is 11.8 Å². The summed E-state index contributed by atoms with van der Waals surface area (Å²) in [5, 5.41) is 1.16. The summed E-state index contributed by atoms with van der Waals surface area (Å²) in [6.45, 7) is 0. The number of carbonyl (C=O) groups is 1. The smallest absolute Gasteiger partial charge is 0.305 e. The highest BCUT2D eigenvalue weighted by atomic mass is 79.9. The highest BCUT2D eigenvalue weighted by Gasteiger charge is 1.99. The quantitative estimate of drug-likeness (QED) is 0.180. The van der Waals surface area contributed by atoms with Crippen LogP contribution in [0.25, 0.3) is 0 Å². The van der Waals surface area contributed by atoms with E-state index < -0.39 is 0 Å². The molecule has 0 aliphatic heterocycles. The first-order valence-electron chi connectivity index (χ1n) is 8.94. The Morgan fingerprint density at radius 1 is 0.667 bits per heavy atom. The number of rotatable bonds is 16. The van der Waals surface area contributed by atoms with Crippen LogP contribution in [-0.4, -0.2) is 18.4 Å². The molecule has 0 aliphatic carbocycles. The van der Waals surface area contributed by atoms with Crippen LogP contribution >= 0.6 is 15.9 Å². The second-order valence-electron chi connectivity index (χ2n) is 5.96. The summed E-state index contributed by atoms with van der Waals surface area (Å²) in [7, 11) is 1.46. The number of hydrogen-bond acceptors (Lipinski definition) is 2. The lowest BCUT2D eigenvalue weighted by Gasteiger charge is -2.03. The molecular weight excluding hydrogens is 328 g/mol. The molecule has 0 unspecified atom stereocenters. The van der Waals surface area contributed by atoms with Gasteiger partial charge < -0.3 is 4.74 Å². The first-order chi connectivity index (χ1) is 10.3. The maximum absolute atomic E-state index is 10.9. The van der Waals surface area contributed by atoms with Crippen LogP contribution in [0.4, 0.5) is 0 Å². The minimum atomic E-state index is -0.0674. The van der Waals surface area contributed by atoms with E-state index in [-0.39, 0.29) is 5.97 Å². The van der Waals surface area contributed by atoms with E-state index in [4.69, 9.17) is 0 Å². The Labute approximate surface area is 140 Å². The Kier molecular flexibility index (Phi) is 18.0. The second-order valence-corrected chi connectivity index (χ2v) is 6.76. The van der Waals surface area contributed by atoms with Crippen LogP contribution in [0.1, 0.15) is 96.3 Å². The van der Waals surface area contributed by atoms with E-state index in [1.807, 2.05) is 0 Å². The third-order valence-electron chi connectivity index (χ3n) is 3.99. The number of ether oxygens (including phenoxy) is 1. The van der Waals surface area contributed by atoms with Crippen molar-refractivity contribution in [2.24, 2.45) is 0 Å².